The minimum atomic E-state index is -3.73. The summed E-state index contributed by atoms with van der Waals surface area (Å²) in [5, 5.41) is 0.461. The Labute approximate surface area is 177 Å². The van der Waals surface area contributed by atoms with Crippen LogP contribution < -0.4 is 9.46 Å². The summed E-state index contributed by atoms with van der Waals surface area (Å²) in [6, 6.07) is 11.7. The minimum Gasteiger partial charge on any atom is -0.426 e. The lowest BCUT2D eigenvalue weighted by Crippen LogP contribution is -2.35. The van der Waals surface area contributed by atoms with Crippen LogP contribution in [-0.4, -0.2) is 20.9 Å². The summed E-state index contributed by atoms with van der Waals surface area (Å²) in [7, 11) is -3.73. The third-order valence-corrected chi connectivity index (χ3v) is 6.86. The van der Waals surface area contributed by atoms with Crippen molar-refractivity contribution >= 4 is 27.6 Å². The van der Waals surface area contributed by atoms with Crippen LogP contribution in [0.5, 0.6) is 5.75 Å². The van der Waals surface area contributed by atoms with Gasteiger partial charge in [-0.25, -0.2) is 13.1 Å². The lowest BCUT2D eigenvalue weighted by atomic mass is 10.0. The molecule has 29 heavy (non-hydrogen) atoms. The Morgan fingerprint density at radius 1 is 1.14 bits per heavy atom. The molecule has 3 rings (SSSR count). The Kier molecular flexibility index (Phi) is 7.33. The van der Waals surface area contributed by atoms with Gasteiger partial charge in [0.25, 0.3) is 0 Å². The highest BCUT2D eigenvalue weighted by Gasteiger charge is 2.24. The first kappa shape index (κ1) is 21.8. The number of benzene rings is 2. The molecule has 0 saturated heterocycles. The molecule has 0 amide bonds. The van der Waals surface area contributed by atoms with E-state index in [0.717, 1.165) is 32.1 Å². The molecule has 1 N–H and O–H groups in total. The van der Waals surface area contributed by atoms with Crippen molar-refractivity contribution in [1.29, 1.82) is 0 Å². The molecular formula is C22H26ClNO4S. The molecule has 5 nitrogen and oxygen atoms in total. The van der Waals surface area contributed by atoms with E-state index in [4.69, 9.17) is 16.3 Å². The number of aryl methyl sites for hydroxylation is 2. The van der Waals surface area contributed by atoms with Gasteiger partial charge >= 0.3 is 5.97 Å². The number of unbranched alkanes of at least 4 members (excludes halogenated alkanes) is 1. The highest BCUT2D eigenvalue weighted by Crippen LogP contribution is 2.27. The average molecular weight is 436 g/mol. The minimum absolute atomic E-state index is 0.00522. The van der Waals surface area contributed by atoms with Gasteiger partial charge in [-0.1, -0.05) is 37.4 Å². The molecule has 0 spiro atoms. The molecule has 7 heteroatoms. The summed E-state index contributed by atoms with van der Waals surface area (Å²) in [5.41, 5.74) is 2.53. The van der Waals surface area contributed by atoms with Crippen LogP contribution in [-0.2, 0) is 27.7 Å². The molecule has 2 aromatic carbocycles. The van der Waals surface area contributed by atoms with Crippen LogP contribution in [0.15, 0.2) is 47.4 Å². The van der Waals surface area contributed by atoms with Gasteiger partial charge in [-0.05, 0) is 73.2 Å². The van der Waals surface area contributed by atoms with Crippen LogP contribution in [0.4, 0.5) is 0 Å². The maximum Gasteiger partial charge on any atom is 0.315 e. The van der Waals surface area contributed by atoms with Gasteiger partial charge in [-0.15, -0.1) is 0 Å². The highest BCUT2D eigenvalue weighted by atomic mass is 35.5. The Morgan fingerprint density at radius 2 is 1.86 bits per heavy atom. The summed E-state index contributed by atoms with van der Waals surface area (Å²) in [6.45, 7) is 2.02. The van der Waals surface area contributed by atoms with E-state index in [1.165, 1.54) is 35.4 Å². The first-order valence-electron chi connectivity index (χ1n) is 9.98. The van der Waals surface area contributed by atoms with Crippen molar-refractivity contribution in [3.63, 3.8) is 0 Å². The number of hydrogen-bond acceptors (Lipinski definition) is 4. The van der Waals surface area contributed by atoms with Gasteiger partial charge in [0.2, 0.25) is 10.0 Å². The summed E-state index contributed by atoms with van der Waals surface area (Å²) < 4.78 is 33.2. The summed E-state index contributed by atoms with van der Waals surface area (Å²) in [5.74, 6) is -0.432. The lowest BCUT2D eigenvalue weighted by Gasteiger charge is -2.17. The second-order valence-corrected chi connectivity index (χ2v) is 9.55. The van der Waals surface area contributed by atoms with Crippen molar-refractivity contribution in [2.45, 2.75) is 50.3 Å². The largest absolute Gasteiger partial charge is 0.426 e. The van der Waals surface area contributed by atoms with Crippen molar-refractivity contribution in [2.75, 3.05) is 6.54 Å². The number of carbonyl (C=O) groups is 1. The molecule has 156 valence electrons. The Hall–Kier alpha value is -1.89. The fraction of sp³-hybridized carbons (Fsp3) is 0.409. The van der Waals surface area contributed by atoms with E-state index < -0.39 is 21.9 Å². The maximum atomic E-state index is 12.7. The second-order valence-electron chi connectivity index (χ2n) is 7.35. The monoisotopic (exact) mass is 435 g/mol. The van der Waals surface area contributed by atoms with Gasteiger partial charge < -0.3 is 4.74 Å². The SMILES string of the molecule is CCCCC(CNS(=O)(=O)c1ccc(Cl)cc1)C(=O)Oc1ccc2c(c1)CCC2. The fourth-order valence-electron chi connectivity index (χ4n) is 3.47. The first-order chi connectivity index (χ1) is 13.9. The molecule has 1 aliphatic carbocycles. The molecule has 0 bridgehead atoms. The van der Waals surface area contributed by atoms with Crippen LogP contribution >= 0.6 is 11.6 Å². The molecule has 0 saturated carbocycles. The molecule has 0 fully saturated rings. The van der Waals surface area contributed by atoms with Gasteiger partial charge in [0, 0.05) is 11.6 Å². The zero-order chi connectivity index (χ0) is 20.9. The predicted molar refractivity (Wildman–Crippen MR) is 114 cm³/mol. The van der Waals surface area contributed by atoms with Crippen molar-refractivity contribution < 1.29 is 17.9 Å². The second kappa shape index (κ2) is 9.74. The first-order valence-corrected chi connectivity index (χ1v) is 11.8. The van der Waals surface area contributed by atoms with Crippen molar-refractivity contribution in [3.05, 3.63) is 58.6 Å². The molecule has 0 aromatic heterocycles. The summed E-state index contributed by atoms with van der Waals surface area (Å²) in [4.78, 5) is 12.9. The highest BCUT2D eigenvalue weighted by molar-refractivity contribution is 7.89. The van der Waals surface area contributed by atoms with E-state index in [9.17, 15) is 13.2 Å². The number of esters is 1. The van der Waals surface area contributed by atoms with Crippen LogP contribution in [0.2, 0.25) is 5.02 Å². The fourth-order valence-corrected chi connectivity index (χ4v) is 4.68. The van der Waals surface area contributed by atoms with E-state index in [-0.39, 0.29) is 11.4 Å². The van der Waals surface area contributed by atoms with Crippen molar-refractivity contribution in [1.82, 2.24) is 4.72 Å². The van der Waals surface area contributed by atoms with E-state index in [2.05, 4.69) is 4.72 Å². The number of nitrogens with one attached hydrogen (secondary N) is 1. The van der Waals surface area contributed by atoms with Crippen molar-refractivity contribution in [2.24, 2.45) is 5.92 Å². The quantitative estimate of drug-likeness (QED) is 0.464. The molecule has 1 aliphatic rings. The Balaban J connectivity index is 1.66. The Bertz CT molecular complexity index is 957. The number of carbonyl (C=O) groups excluding carboxylic acids is 1. The normalized spacial score (nSPS) is 14.4. The smallest absolute Gasteiger partial charge is 0.315 e. The zero-order valence-electron chi connectivity index (χ0n) is 16.5. The van der Waals surface area contributed by atoms with Crippen LogP contribution in [0, 0.1) is 5.92 Å². The maximum absolute atomic E-state index is 12.7. The van der Waals surface area contributed by atoms with E-state index in [1.807, 2.05) is 25.1 Å². The third-order valence-electron chi connectivity index (χ3n) is 5.17. The average Bonchev–Trinajstić information content (AvgIpc) is 3.16. The molecule has 2 aromatic rings. The van der Waals surface area contributed by atoms with Gasteiger partial charge in [0.05, 0.1) is 10.8 Å². The summed E-state index contributed by atoms with van der Waals surface area (Å²) >= 11 is 5.82. The summed E-state index contributed by atoms with van der Waals surface area (Å²) in [6.07, 6.45) is 5.47. The van der Waals surface area contributed by atoms with Gasteiger partial charge in [0.1, 0.15) is 5.75 Å². The topological polar surface area (TPSA) is 72.5 Å². The molecular weight excluding hydrogens is 410 g/mol. The van der Waals surface area contributed by atoms with E-state index >= 15 is 0 Å². The standard InChI is InChI=1S/C22H26ClNO4S/c1-2-3-5-18(15-24-29(26,27)21-12-9-19(23)10-13-21)22(25)28-20-11-8-16-6-4-7-17(16)14-20/h8-14,18,24H,2-7,15H2,1H3. The third kappa shape index (κ3) is 5.81. The molecule has 0 heterocycles. The van der Waals surface area contributed by atoms with Crippen LogP contribution in [0.25, 0.3) is 0 Å². The van der Waals surface area contributed by atoms with E-state index in [1.54, 1.807) is 0 Å². The lowest BCUT2D eigenvalue weighted by molar-refractivity contribution is -0.138. The van der Waals surface area contributed by atoms with Crippen LogP contribution in [0.3, 0.4) is 0 Å². The van der Waals surface area contributed by atoms with Gasteiger partial charge in [-0.3, -0.25) is 4.79 Å². The van der Waals surface area contributed by atoms with Crippen molar-refractivity contribution in [3.8, 4) is 5.75 Å². The predicted octanol–water partition coefficient (Wildman–Crippen LogP) is 4.52. The molecule has 0 radical (unpaired) electrons. The van der Waals surface area contributed by atoms with E-state index in [0.29, 0.717) is 17.2 Å². The Morgan fingerprint density at radius 3 is 2.59 bits per heavy atom. The van der Waals surface area contributed by atoms with Gasteiger partial charge in [0.15, 0.2) is 0 Å². The zero-order valence-corrected chi connectivity index (χ0v) is 18.1. The van der Waals surface area contributed by atoms with Crippen LogP contribution in [0.1, 0.15) is 43.7 Å². The number of fused-ring (bicyclic) bond motifs is 1. The molecule has 1 unspecified atom stereocenters. The number of ether oxygens (including phenoxy) is 1. The number of rotatable bonds is 9. The number of halogens is 1. The number of hydrogen-bond donors (Lipinski definition) is 1. The van der Waals surface area contributed by atoms with Gasteiger partial charge in [-0.2, -0.15) is 0 Å². The number of sulfonamides is 1. The molecule has 1 atom stereocenters. The molecule has 0 aliphatic heterocycles.